The summed E-state index contributed by atoms with van der Waals surface area (Å²) in [5.41, 5.74) is -0.160. The van der Waals surface area contributed by atoms with Crippen LogP contribution in [-0.2, 0) is 20.3 Å². The summed E-state index contributed by atoms with van der Waals surface area (Å²) >= 11 is 0. The van der Waals surface area contributed by atoms with Gasteiger partial charge in [-0.25, -0.2) is 17.6 Å². The number of hydrogen-bond donors (Lipinski definition) is 0. The van der Waals surface area contributed by atoms with Crippen LogP contribution in [0.3, 0.4) is 0 Å². The zero-order chi connectivity index (χ0) is 17.2. The summed E-state index contributed by atoms with van der Waals surface area (Å²) in [4.78, 5) is 0. The number of hydrogen-bond acceptors (Lipinski definition) is 3. The van der Waals surface area contributed by atoms with Crippen molar-refractivity contribution in [2.75, 3.05) is 13.2 Å². The fraction of sp³-hybridized carbons (Fsp3) is 0.600. The van der Waals surface area contributed by atoms with E-state index in [9.17, 15) is 17.6 Å². The van der Waals surface area contributed by atoms with Gasteiger partial charge in [-0.2, -0.15) is 0 Å². The Morgan fingerprint density at radius 1 is 0.957 bits per heavy atom. The van der Waals surface area contributed by atoms with Crippen LogP contribution in [0.4, 0.5) is 17.6 Å². The van der Waals surface area contributed by atoms with Crippen LogP contribution in [0.2, 0.25) is 6.04 Å². The molecule has 0 heterocycles. The second-order valence-electron chi connectivity index (χ2n) is 4.63. The maximum absolute atomic E-state index is 13.5. The summed E-state index contributed by atoms with van der Waals surface area (Å²) < 4.78 is 68.2. The van der Waals surface area contributed by atoms with Crippen LogP contribution in [0.15, 0.2) is 6.07 Å². The highest BCUT2D eigenvalue weighted by Gasteiger charge is 2.18. The predicted octanol–water partition coefficient (Wildman–Crippen LogP) is 3.98. The van der Waals surface area contributed by atoms with Crippen molar-refractivity contribution in [2.45, 2.75) is 45.6 Å². The molecular weight excluding hydrogens is 332 g/mol. The predicted molar refractivity (Wildman–Crippen MR) is 77.9 cm³/mol. The second-order valence-corrected chi connectivity index (χ2v) is 5.65. The fourth-order valence-corrected chi connectivity index (χ4v) is 2.62. The first-order chi connectivity index (χ1) is 11.0. The molecule has 0 unspecified atom stereocenters. The summed E-state index contributed by atoms with van der Waals surface area (Å²) in [6.07, 6.45) is 1.31. The topological polar surface area (TPSA) is 27.7 Å². The van der Waals surface area contributed by atoms with Crippen molar-refractivity contribution in [2.24, 2.45) is 0 Å². The summed E-state index contributed by atoms with van der Waals surface area (Å²) in [5, 5.41) is 0. The standard InChI is InChI=1S/C15H20F4O3Si/c1-3-20-15(21-4-2)22-23-8-6-5-7-10-9-11(16)13(18)14(19)12(10)17/h9,15H,3-8H2,1-2H3. The fourth-order valence-electron chi connectivity index (χ4n) is 1.83. The minimum absolute atomic E-state index is 0.130. The van der Waals surface area contributed by atoms with E-state index in [1.54, 1.807) is 0 Å². The van der Waals surface area contributed by atoms with Gasteiger partial charge in [0.15, 0.2) is 23.3 Å². The van der Waals surface area contributed by atoms with Gasteiger partial charge in [-0.3, -0.25) is 0 Å². The van der Waals surface area contributed by atoms with Crippen molar-refractivity contribution in [3.63, 3.8) is 0 Å². The zero-order valence-electron chi connectivity index (χ0n) is 13.1. The second kappa shape index (κ2) is 10.7. The third-order valence-electron chi connectivity index (χ3n) is 2.94. The lowest BCUT2D eigenvalue weighted by atomic mass is 10.1. The van der Waals surface area contributed by atoms with Crippen LogP contribution < -0.4 is 0 Å². The van der Waals surface area contributed by atoms with Gasteiger partial charge in [-0.05, 0) is 44.4 Å². The van der Waals surface area contributed by atoms with E-state index in [1.165, 1.54) is 0 Å². The molecule has 0 fully saturated rings. The molecule has 0 atom stereocenters. The van der Waals surface area contributed by atoms with Crippen LogP contribution in [0.1, 0.15) is 32.3 Å². The lowest BCUT2D eigenvalue weighted by Crippen LogP contribution is -2.22. The van der Waals surface area contributed by atoms with E-state index in [-0.39, 0.29) is 21.7 Å². The van der Waals surface area contributed by atoms with Crippen molar-refractivity contribution in [1.82, 2.24) is 0 Å². The molecule has 0 spiro atoms. The molecule has 0 aromatic heterocycles. The molecule has 0 saturated carbocycles. The smallest absolute Gasteiger partial charge is 0.261 e. The van der Waals surface area contributed by atoms with E-state index in [1.807, 2.05) is 13.8 Å². The van der Waals surface area contributed by atoms with Gasteiger partial charge in [0.05, 0.1) is 0 Å². The molecule has 0 aliphatic rings. The van der Waals surface area contributed by atoms with E-state index in [4.69, 9.17) is 13.9 Å². The maximum atomic E-state index is 13.5. The van der Waals surface area contributed by atoms with Crippen molar-refractivity contribution in [3.05, 3.63) is 34.9 Å². The minimum Gasteiger partial charge on any atom is -0.372 e. The largest absolute Gasteiger partial charge is 0.372 e. The third-order valence-corrected chi connectivity index (χ3v) is 3.85. The Kier molecular flexibility index (Phi) is 9.38. The highest BCUT2D eigenvalue weighted by Crippen LogP contribution is 2.20. The van der Waals surface area contributed by atoms with E-state index in [2.05, 4.69) is 0 Å². The van der Waals surface area contributed by atoms with E-state index in [0.29, 0.717) is 38.2 Å². The molecule has 0 aliphatic heterocycles. The van der Waals surface area contributed by atoms with E-state index in [0.717, 1.165) is 0 Å². The lowest BCUT2D eigenvalue weighted by Gasteiger charge is -2.16. The van der Waals surface area contributed by atoms with Gasteiger partial charge in [0.1, 0.15) is 0 Å². The Bertz CT molecular complexity index is 482. The maximum Gasteiger partial charge on any atom is 0.261 e. The average Bonchev–Trinajstić information content (AvgIpc) is 2.53. The van der Waals surface area contributed by atoms with Crippen LogP contribution in [0.5, 0.6) is 0 Å². The molecule has 1 aromatic carbocycles. The molecule has 1 rings (SSSR count). The van der Waals surface area contributed by atoms with Crippen molar-refractivity contribution in [3.8, 4) is 0 Å². The average molecular weight is 352 g/mol. The Morgan fingerprint density at radius 2 is 1.61 bits per heavy atom. The van der Waals surface area contributed by atoms with Gasteiger partial charge in [0.2, 0.25) is 9.76 Å². The molecule has 0 bridgehead atoms. The normalized spacial score (nSPS) is 11.4. The van der Waals surface area contributed by atoms with Crippen LogP contribution in [-0.4, -0.2) is 29.5 Å². The summed E-state index contributed by atoms with van der Waals surface area (Å²) in [6.45, 7) is 3.90. The molecule has 23 heavy (non-hydrogen) atoms. The quantitative estimate of drug-likeness (QED) is 0.151. The van der Waals surface area contributed by atoms with Crippen molar-refractivity contribution >= 4 is 9.76 Å². The van der Waals surface area contributed by atoms with Gasteiger partial charge in [-0.1, -0.05) is 6.42 Å². The molecule has 0 saturated heterocycles. The molecular formula is C15H20F4O3Si. The molecule has 0 N–H and O–H groups in total. The Balaban J connectivity index is 2.30. The highest BCUT2D eigenvalue weighted by atomic mass is 28.2. The molecule has 8 heteroatoms. The summed E-state index contributed by atoms with van der Waals surface area (Å²) in [6, 6.07) is 1.39. The van der Waals surface area contributed by atoms with Crippen molar-refractivity contribution < 1.29 is 31.5 Å². The van der Waals surface area contributed by atoms with Crippen LogP contribution in [0, 0.1) is 23.3 Å². The molecule has 0 amide bonds. The Hall–Kier alpha value is -0.963. The van der Waals surface area contributed by atoms with Gasteiger partial charge >= 0.3 is 0 Å². The SMILES string of the molecule is CCOC(OCC)O[Si]CCCCc1cc(F)c(F)c(F)c1F. The lowest BCUT2D eigenvalue weighted by molar-refractivity contribution is -0.243. The number of benzene rings is 1. The van der Waals surface area contributed by atoms with Gasteiger partial charge < -0.3 is 13.9 Å². The van der Waals surface area contributed by atoms with E-state index >= 15 is 0 Å². The number of rotatable bonds is 11. The molecule has 1 aromatic rings. The zero-order valence-corrected chi connectivity index (χ0v) is 14.1. The van der Waals surface area contributed by atoms with Gasteiger partial charge in [0.25, 0.3) is 6.48 Å². The number of unbranched alkanes of at least 4 members (excludes halogenated alkanes) is 1. The van der Waals surface area contributed by atoms with E-state index < -0.39 is 29.7 Å². The minimum atomic E-state index is -1.78. The first-order valence-corrected chi connectivity index (χ1v) is 8.56. The molecule has 2 radical (unpaired) electrons. The summed E-state index contributed by atoms with van der Waals surface area (Å²) in [5.74, 6) is -6.24. The molecule has 0 aliphatic carbocycles. The van der Waals surface area contributed by atoms with Gasteiger partial charge in [-0.15, -0.1) is 0 Å². The van der Waals surface area contributed by atoms with Crippen LogP contribution >= 0.6 is 0 Å². The number of aryl methyl sites for hydroxylation is 1. The summed E-state index contributed by atoms with van der Waals surface area (Å²) in [7, 11) is 0.138. The first kappa shape index (κ1) is 20.1. The highest BCUT2D eigenvalue weighted by molar-refractivity contribution is 6.27. The first-order valence-electron chi connectivity index (χ1n) is 7.44. The monoisotopic (exact) mass is 352 g/mol. The van der Waals surface area contributed by atoms with Gasteiger partial charge in [0, 0.05) is 13.2 Å². The Labute approximate surface area is 135 Å². The molecule has 130 valence electrons. The number of halogens is 4. The third kappa shape index (κ3) is 6.58. The number of ether oxygens (including phenoxy) is 2. The van der Waals surface area contributed by atoms with Crippen LogP contribution in [0.25, 0.3) is 0 Å². The van der Waals surface area contributed by atoms with Crippen molar-refractivity contribution in [1.29, 1.82) is 0 Å². The molecule has 3 nitrogen and oxygen atoms in total. The Morgan fingerprint density at radius 3 is 2.22 bits per heavy atom.